The van der Waals surface area contributed by atoms with Crippen LogP contribution >= 0.6 is 11.3 Å². The molecule has 0 spiro atoms. The van der Waals surface area contributed by atoms with E-state index in [0.29, 0.717) is 30.0 Å². The lowest BCUT2D eigenvalue weighted by Crippen LogP contribution is -2.35. The number of amides is 2. The van der Waals surface area contributed by atoms with Crippen LogP contribution in [0.1, 0.15) is 52.0 Å². The summed E-state index contributed by atoms with van der Waals surface area (Å²) in [5.41, 5.74) is 2.42. The molecule has 2 amide bonds. The maximum absolute atomic E-state index is 13.1. The molecule has 8 heteroatoms. The number of allylic oxidation sites excluding steroid dienone is 2. The largest absolute Gasteiger partial charge is 0.481 e. The number of hydrogen-bond donors (Lipinski definition) is 3. The SMILES string of the molecule is O=C(NCc1cccnc1)c1c(NC(=O)[C@H]2CC=CC[C@@H]2C(=O)O)sc2c1CCCC2. The van der Waals surface area contributed by atoms with Gasteiger partial charge in [-0.3, -0.25) is 19.4 Å². The number of carboxylic acids is 1. The molecular formula is C23H25N3O4S. The summed E-state index contributed by atoms with van der Waals surface area (Å²) in [6.45, 7) is 0.346. The monoisotopic (exact) mass is 439 g/mol. The van der Waals surface area contributed by atoms with Crippen LogP contribution in [-0.2, 0) is 29.0 Å². The van der Waals surface area contributed by atoms with Crippen LogP contribution in [0.25, 0.3) is 0 Å². The van der Waals surface area contributed by atoms with Crippen LogP contribution in [-0.4, -0.2) is 27.9 Å². The van der Waals surface area contributed by atoms with Gasteiger partial charge in [0.15, 0.2) is 0 Å². The highest BCUT2D eigenvalue weighted by atomic mass is 32.1. The fourth-order valence-electron chi connectivity index (χ4n) is 4.25. The summed E-state index contributed by atoms with van der Waals surface area (Å²) < 4.78 is 0. The second-order valence-electron chi connectivity index (χ2n) is 7.94. The van der Waals surface area contributed by atoms with Crippen molar-refractivity contribution in [3.05, 3.63) is 58.2 Å². The van der Waals surface area contributed by atoms with E-state index in [9.17, 15) is 19.5 Å². The molecule has 0 saturated carbocycles. The first-order valence-electron chi connectivity index (χ1n) is 10.5. The highest BCUT2D eigenvalue weighted by molar-refractivity contribution is 7.17. The number of thiophene rings is 1. The molecule has 7 nitrogen and oxygen atoms in total. The molecule has 0 bridgehead atoms. The molecule has 2 aromatic heterocycles. The van der Waals surface area contributed by atoms with Gasteiger partial charge in [-0.1, -0.05) is 18.2 Å². The lowest BCUT2D eigenvalue weighted by molar-refractivity contribution is -0.146. The van der Waals surface area contributed by atoms with E-state index in [1.165, 1.54) is 11.3 Å². The van der Waals surface area contributed by atoms with Crippen LogP contribution in [0, 0.1) is 11.8 Å². The van der Waals surface area contributed by atoms with Crippen LogP contribution in [0.4, 0.5) is 5.00 Å². The first kappa shape index (κ1) is 21.2. The minimum Gasteiger partial charge on any atom is -0.481 e. The number of carboxylic acid groups (broad SMARTS) is 1. The van der Waals surface area contributed by atoms with Gasteiger partial charge in [-0.15, -0.1) is 11.3 Å². The number of anilines is 1. The lowest BCUT2D eigenvalue weighted by Gasteiger charge is -2.24. The standard InChI is InChI=1S/C23H25N3O4S/c27-20(15-7-1-2-8-16(15)23(29)30)26-22-19(17-9-3-4-10-18(17)31-22)21(28)25-13-14-6-5-11-24-12-14/h1-2,5-6,11-12,15-16H,3-4,7-10,13H2,(H,25,28)(H,26,27)(H,29,30)/t15-,16-/m0/s1. The molecule has 4 rings (SSSR count). The van der Waals surface area contributed by atoms with Gasteiger partial charge in [-0.05, 0) is 55.7 Å². The van der Waals surface area contributed by atoms with Crippen molar-refractivity contribution in [2.75, 3.05) is 5.32 Å². The zero-order chi connectivity index (χ0) is 21.8. The number of hydrogen-bond acceptors (Lipinski definition) is 5. The normalized spacial score (nSPS) is 20.0. The number of nitrogens with zero attached hydrogens (tertiary/aromatic N) is 1. The predicted molar refractivity (Wildman–Crippen MR) is 118 cm³/mol. The van der Waals surface area contributed by atoms with Gasteiger partial charge < -0.3 is 15.7 Å². The van der Waals surface area contributed by atoms with Gasteiger partial charge >= 0.3 is 5.97 Å². The zero-order valence-corrected chi connectivity index (χ0v) is 17.9. The molecule has 2 atom stereocenters. The van der Waals surface area contributed by atoms with E-state index in [0.717, 1.165) is 41.7 Å². The van der Waals surface area contributed by atoms with Crippen molar-refractivity contribution in [3.63, 3.8) is 0 Å². The summed E-state index contributed by atoms with van der Waals surface area (Å²) in [5.74, 6) is -2.92. The molecule has 162 valence electrons. The smallest absolute Gasteiger partial charge is 0.307 e. The molecule has 0 unspecified atom stereocenters. The van der Waals surface area contributed by atoms with Crippen LogP contribution in [0.2, 0.25) is 0 Å². The molecule has 2 heterocycles. The summed E-state index contributed by atoms with van der Waals surface area (Å²) in [6.07, 6.45) is 11.5. The predicted octanol–water partition coefficient (Wildman–Crippen LogP) is 3.56. The maximum Gasteiger partial charge on any atom is 0.307 e. The summed E-state index contributed by atoms with van der Waals surface area (Å²) in [6, 6.07) is 3.71. The van der Waals surface area contributed by atoms with Gasteiger partial charge in [0.05, 0.1) is 17.4 Å². The molecule has 2 aliphatic carbocycles. The van der Waals surface area contributed by atoms with Crippen molar-refractivity contribution >= 4 is 34.1 Å². The van der Waals surface area contributed by atoms with Crippen molar-refractivity contribution in [3.8, 4) is 0 Å². The minimum absolute atomic E-state index is 0.225. The summed E-state index contributed by atoms with van der Waals surface area (Å²) in [7, 11) is 0. The molecular weight excluding hydrogens is 414 g/mol. The maximum atomic E-state index is 13.1. The Bertz CT molecular complexity index is 1020. The summed E-state index contributed by atoms with van der Waals surface area (Å²) >= 11 is 1.44. The fourth-order valence-corrected chi connectivity index (χ4v) is 5.54. The van der Waals surface area contributed by atoms with Crippen molar-refractivity contribution in [1.29, 1.82) is 0 Å². The number of aromatic nitrogens is 1. The van der Waals surface area contributed by atoms with Gasteiger partial charge in [-0.2, -0.15) is 0 Å². The van der Waals surface area contributed by atoms with Crippen LogP contribution in [0.15, 0.2) is 36.7 Å². The third kappa shape index (κ3) is 4.69. The van der Waals surface area contributed by atoms with Crippen molar-refractivity contribution < 1.29 is 19.5 Å². The Morgan fingerprint density at radius 3 is 2.65 bits per heavy atom. The highest BCUT2D eigenvalue weighted by Crippen LogP contribution is 2.39. The number of rotatable bonds is 6. The average molecular weight is 440 g/mol. The molecule has 0 saturated heterocycles. The summed E-state index contributed by atoms with van der Waals surface area (Å²) in [5, 5.41) is 15.9. The first-order chi connectivity index (χ1) is 15.0. The first-order valence-corrected chi connectivity index (χ1v) is 11.4. The highest BCUT2D eigenvalue weighted by Gasteiger charge is 2.35. The van der Waals surface area contributed by atoms with Gasteiger partial charge in [0.25, 0.3) is 5.91 Å². The van der Waals surface area contributed by atoms with Crippen molar-refractivity contribution in [2.24, 2.45) is 11.8 Å². The molecule has 0 aromatic carbocycles. The second kappa shape index (κ2) is 9.43. The average Bonchev–Trinajstić information content (AvgIpc) is 3.16. The molecule has 0 fully saturated rings. The van der Waals surface area contributed by atoms with Crippen molar-refractivity contribution in [2.45, 2.75) is 45.1 Å². The number of fused-ring (bicyclic) bond motifs is 1. The third-order valence-electron chi connectivity index (χ3n) is 5.90. The molecule has 2 aromatic rings. The Kier molecular flexibility index (Phi) is 6.46. The lowest BCUT2D eigenvalue weighted by atomic mass is 9.82. The van der Waals surface area contributed by atoms with Crippen LogP contribution in [0.3, 0.4) is 0 Å². The van der Waals surface area contributed by atoms with E-state index in [-0.39, 0.29) is 11.8 Å². The van der Waals surface area contributed by atoms with E-state index in [1.54, 1.807) is 12.4 Å². The van der Waals surface area contributed by atoms with Gasteiger partial charge in [-0.25, -0.2) is 0 Å². The number of pyridine rings is 1. The van der Waals surface area contributed by atoms with E-state index in [4.69, 9.17) is 0 Å². The Balaban J connectivity index is 1.56. The number of nitrogens with one attached hydrogen (secondary N) is 2. The van der Waals surface area contributed by atoms with E-state index in [2.05, 4.69) is 15.6 Å². The van der Waals surface area contributed by atoms with Gasteiger partial charge in [0, 0.05) is 23.8 Å². The quantitative estimate of drug-likeness (QED) is 0.597. The van der Waals surface area contributed by atoms with Gasteiger partial charge in [0.1, 0.15) is 5.00 Å². The minimum atomic E-state index is -0.968. The molecule has 2 aliphatic rings. The Morgan fingerprint density at radius 2 is 1.90 bits per heavy atom. The number of aliphatic carboxylic acids is 1. The van der Waals surface area contributed by atoms with E-state index >= 15 is 0 Å². The topological polar surface area (TPSA) is 108 Å². The molecule has 0 radical (unpaired) electrons. The van der Waals surface area contributed by atoms with Crippen molar-refractivity contribution in [1.82, 2.24) is 10.3 Å². The molecule has 31 heavy (non-hydrogen) atoms. The number of carbonyl (C=O) groups is 3. The number of carbonyl (C=O) groups excluding carboxylic acids is 2. The zero-order valence-electron chi connectivity index (χ0n) is 17.1. The Hall–Kier alpha value is -3.00. The number of aryl methyl sites for hydroxylation is 1. The van der Waals surface area contributed by atoms with Crippen LogP contribution in [0.5, 0.6) is 0 Å². The van der Waals surface area contributed by atoms with E-state index in [1.807, 2.05) is 24.3 Å². The molecule has 0 aliphatic heterocycles. The summed E-state index contributed by atoms with van der Waals surface area (Å²) in [4.78, 5) is 42.9. The Labute approximate surface area is 184 Å². The van der Waals surface area contributed by atoms with Gasteiger partial charge in [0.2, 0.25) is 5.91 Å². The fraction of sp³-hybridized carbons (Fsp3) is 0.391. The third-order valence-corrected chi connectivity index (χ3v) is 7.10. The Morgan fingerprint density at radius 1 is 1.13 bits per heavy atom. The van der Waals surface area contributed by atoms with Crippen LogP contribution < -0.4 is 10.6 Å². The molecule has 3 N–H and O–H groups in total. The second-order valence-corrected chi connectivity index (χ2v) is 9.05. The van der Waals surface area contributed by atoms with E-state index < -0.39 is 17.8 Å².